The molecule has 1 aliphatic heterocycles. The highest BCUT2D eigenvalue weighted by atomic mass is 79.9. The maximum Gasteiger partial charge on any atom is 0.108 e. The van der Waals surface area contributed by atoms with Gasteiger partial charge < -0.3 is 0 Å². The Hall–Kier alpha value is -0.750. The standard InChI is InChI=1S/C15H18BrN3S/c16-13-6-4-5-12(9-13)14-10-17-15(20-14)11-18-19-7-2-1-3-8-19/h4-6,9-10,18H,1-3,7-8,11H2. The van der Waals surface area contributed by atoms with Crippen molar-refractivity contribution in [2.24, 2.45) is 0 Å². The summed E-state index contributed by atoms with van der Waals surface area (Å²) in [6, 6.07) is 8.36. The third-order valence-electron chi connectivity index (χ3n) is 3.47. The lowest BCUT2D eigenvalue weighted by molar-refractivity contribution is 0.151. The van der Waals surface area contributed by atoms with Gasteiger partial charge in [-0.15, -0.1) is 11.3 Å². The molecule has 0 spiro atoms. The van der Waals surface area contributed by atoms with Gasteiger partial charge in [0.05, 0.1) is 11.4 Å². The van der Waals surface area contributed by atoms with E-state index in [1.54, 1.807) is 11.3 Å². The summed E-state index contributed by atoms with van der Waals surface area (Å²) >= 11 is 5.28. The number of hydrazine groups is 1. The van der Waals surface area contributed by atoms with E-state index >= 15 is 0 Å². The lowest BCUT2D eigenvalue weighted by atomic mass is 10.2. The molecule has 1 saturated heterocycles. The van der Waals surface area contributed by atoms with Crippen molar-refractivity contribution in [1.82, 2.24) is 15.4 Å². The first-order valence-corrected chi connectivity index (χ1v) is 8.61. The molecule has 1 fully saturated rings. The number of aromatic nitrogens is 1. The van der Waals surface area contributed by atoms with Gasteiger partial charge in [-0.3, -0.25) is 0 Å². The molecule has 1 aromatic heterocycles. The second-order valence-corrected chi connectivity index (χ2v) is 7.04. The van der Waals surface area contributed by atoms with Crippen molar-refractivity contribution in [3.8, 4) is 10.4 Å². The van der Waals surface area contributed by atoms with Crippen LogP contribution in [0.15, 0.2) is 34.9 Å². The maximum absolute atomic E-state index is 4.52. The van der Waals surface area contributed by atoms with E-state index < -0.39 is 0 Å². The number of thiazole rings is 1. The smallest absolute Gasteiger partial charge is 0.108 e. The number of piperidine rings is 1. The third kappa shape index (κ3) is 3.67. The van der Waals surface area contributed by atoms with Gasteiger partial charge in [-0.05, 0) is 30.5 Å². The van der Waals surface area contributed by atoms with Crippen molar-refractivity contribution < 1.29 is 0 Å². The summed E-state index contributed by atoms with van der Waals surface area (Å²) in [5.74, 6) is 0. The van der Waals surface area contributed by atoms with E-state index in [9.17, 15) is 0 Å². The minimum atomic E-state index is 0.832. The maximum atomic E-state index is 4.52. The van der Waals surface area contributed by atoms with Gasteiger partial charge in [0.2, 0.25) is 0 Å². The Morgan fingerprint density at radius 1 is 1.25 bits per heavy atom. The molecule has 5 heteroatoms. The van der Waals surface area contributed by atoms with Crippen LogP contribution in [0.2, 0.25) is 0 Å². The Bertz CT molecular complexity index is 564. The Morgan fingerprint density at radius 3 is 2.90 bits per heavy atom. The van der Waals surface area contributed by atoms with Gasteiger partial charge in [-0.25, -0.2) is 15.4 Å². The van der Waals surface area contributed by atoms with Crippen molar-refractivity contribution in [1.29, 1.82) is 0 Å². The largest absolute Gasteiger partial charge is 0.248 e. The van der Waals surface area contributed by atoms with Crippen molar-refractivity contribution in [3.63, 3.8) is 0 Å². The fraction of sp³-hybridized carbons (Fsp3) is 0.400. The van der Waals surface area contributed by atoms with Crippen molar-refractivity contribution in [2.45, 2.75) is 25.8 Å². The fourth-order valence-corrected chi connectivity index (χ4v) is 3.64. The van der Waals surface area contributed by atoms with Crippen LogP contribution >= 0.6 is 27.3 Å². The van der Waals surface area contributed by atoms with E-state index in [0.29, 0.717) is 0 Å². The molecule has 0 radical (unpaired) electrons. The van der Waals surface area contributed by atoms with Crippen LogP contribution in [0.25, 0.3) is 10.4 Å². The molecule has 0 unspecified atom stereocenters. The van der Waals surface area contributed by atoms with Crippen molar-refractivity contribution in [2.75, 3.05) is 13.1 Å². The predicted molar refractivity (Wildman–Crippen MR) is 87.5 cm³/mol. The Kier molecular flexibility index (Phi) is 4.83. The van der Waals surface area contributed by atoms with Crippen LogP contribution in [0, 0.1) is 0 Å². The topological polar surface area (TPSA) is 28.2 Å². The Balaban J connectivity index is 1.61. The molecule has 3 rings (SSSR count). The zero-order valence-corrected chi connectivity index (χ0v) is 13.7. The van der Waals surface area contributed by atoms with E-state index in [4.69, 9.17) is 0 Å². The van der Waals surface area contributed by atoms with E-state index in [-0.39, 0.29) is 0 Å². The first-order valence-electron chi connectivity index (χ1n) is 7.00. The predicted octanol–water partition coefficient (Wildman–Crippen LogP) is 4.06. The van der Waals surface area contributed by atoms with Gasteiger partial charge in [0.15, 0.2) is 0 Å². The van der Waals surface area contributed by atoms with Gasteiger partial charge in [0.1, 0.15) is 5.01 Å². The van der Waals surface area contributed by atoms with E-state index in [1.165, 1.54) is 29.7 Å². The molecule has 1 aromatic carbocycles. The molecule has 2 aromatic rings. The zero-order valence-electron chi connectivity index (χ0n) is 11.3. The lowest BCUT2D eigenvalue weighted by Gasteiger charge is -2.26. The molecule has 0 aliphatic carbocycles. The minimum absolute atomic E-state index is 0.832. The monoisotopic (exact) mass is 351 g/mol. The average molecular weight is 352 g/mol. The van der Waals surface area contributed by atoms with Crippen LogP contribution in [-0.4, -0.2) is 23.1 Å². The lowest BCUT2D eigenvalue weighted by Crippen LogP contribution is -2.41. The number of nitrogens with zero attached hydrogens (tertiary/aromatic N) is 2. The molecule has 0 saturated carbocycles. The van der Waals surface area contributed by atoms with Gasteiger partial charge in [0.25, 0.3) is 0 Å². The van der Waals surface area contributed by atoms with Gasteiger partial charge >= 0.3 is 0 Å². The highest BCUT2D eigenvalue weighted by Crippen LogP contribution is 2.28. The first-order chi connectivity index (χ1) is 9.81. The Labute approximate surface area is 132 Å². The molecular weight excluding hydrogens is 334 g/mol. The van der Waals surface area contributed by atoms with Gasteiger partial charge in [0, 0.05) is 23.8 Å². The molecule has 2 heterocycles. The van der Waals surface area contributed by atoms with Crippen molar-refractivity contribution >= 4 is 27.3 Å². The van der Waals surface area contributed by atoms with Crippen molar-refractivity contribution in [3.05, 3.63) is 39.9 Å². The second kappa shape index (κ2) is 6.80. The van der Waals surface area contributed by atoms with Crippen LogP contribution in [0.1, 0.15) is 24.3 Å². The molecule has 0 atom stereocenters. The average Bonchev–Trinajstić information content (AvgIpc) is 2.95. The zero-order chi connectivity index (χ0) is 13.8. The molecule has 1 aliphatic rings. The summed E-state index contributed by atoms with van der Waals surface area (Å²) in [6.07, 6.45) is 5.93. The molecule has 3 nitrogen and oxygen atoms in total. The molecule has 106 valence electrons. The summed E-state index contributed by atoms with van der Waals surface area (Å²) in [7, 11) is 0. The Morgan fingerprint density at radius 2 is 2.10 bits per heavy atom. The highest BCUT2D eigenvalue weighted by Gasteiger charge is 2.10. The van der Waals surface area contributed by atoms with Crippen LogP contribution in [-0.2, 0) is 6.54 Å². The van der Waals surface area contributed by atoms with Crippen LogP contribution in [0.5, 0.6) is 0 Å². The molecular formula is C15H18BrN3S. The number of hydrogen-bond acceptors (Lipinski definition) is 4. The van der Waals surface area contributed by atoms with E-state index in [2.05, 4.69) is 49.5 Å². The summed E-state index contributed by atoms with van der Waals surface area (Å²) in [4.78, 5) is 5.74. The molecule has 0 amide bonds. The quantitative estimate of drug-likeness (QED) is 0.899. The normalized spacial score (nSPS) is 16.4. The highest BCUT2D eigenvalue weighted by molar-refractivity contribution is 9.10. The van der Waals surface area contributed by atoms with Crippen LogP contribution in [0.4, 0.5) is 0 Å². The number of benzene rings is 1. The third-order valence-corrected chi connectivity index (χ3v) is 5.01. The summed E-state index contributed by atoms with van der Waals surface area (Å²) in [6.45, 7) is 3.15. The molecule has 0 bridgehead atoms. The first kappa shape index (κ1) is 14.2. The van der Waals surface area contributed by atoms with Crippen LogP contribution < -0.4 is 5.43 Å². The second-order valence-electron chi connectivity index (χ2n) is 5.01. The van der Waals surface area contributed by atoms with Gasteiger partial charge in [-0.1, -0.05) is 34.5 Å². The molecule has 1 N–H and O–H groups in total. The van der Waals surface area contributed by atoms with E-state index in [0.717, 1.165) is 29.1 Å². The van der Waals surface area contributed by atoms with Gasteiger partial charge in [-0.2, -0.15) is 0 Å². The number of hydrogen-bond donors (Lipinski definition) is 1. The number of rotatable bonds is 4. The number of nitrogens with one attached hydrogen (secondary N) is 1. The summed E-state index contributed by atoms with van der Waals surface area (Å²) < 4.78 is 1.11. The fourth-order valence-electron chi connectivity index (χ4n) is 2.40. The minimum Gasteiger partial charge on any atom is -0.248 e. The summed E-state index contributed by atoms with van der Waals surface area (Å²) in [5, 5.41) is 3.47. The summed E-state index contributed by atoms with van der Waals surface area (Å²) in [5.41, 5.74) is 4.71. The van der Waals surface area contributed by atoms with E-state index in [1.807, 2.05) is 12.3 Å². The van der Waals surface area contributed by atoms with Crippen LogP contribution in [0.3, 0.4) is 0 Å². The molecule has 20 heavy (non-hydrogen) atoms. The SMILES string of the molecule is Brc1cccc(-c2cnc(CNN3CCCCC3)s2)c1. The number of halogens is 1.